The molecule has 0 spiro atoms. The van der Waals surface area contributed by atoms with E-state index in [1.807, 2.05) is 19.9 Å². The highest BCUT2D eigenvalue weighted by Gasteiger charge is 2.09. The summed E-state index contributed by atoms with van der Waals surface area (Å²) in [5, 5.41) is 11.6. The van der Waals surface area contributed by atoms with E-state index in [2.05, 4.69) is 4.98 Å². The van der Waals surface area contributed by atoms with Crippen LogP contribution in [0.4, 0.5) is 0 Å². The predicted molar refractivity (Wildman–Crippen MR) is 59.4 cm³/mol. The van der Waals surface area contributed by atoms with E-state index in [4.69, 9.17) is 4.74 Å². The minimum absolute atomic E-state index is 0.255. The second-order valence-corrected chi connectivity index (χ2v) is 3.59. The summed E-state index contributed by atoms with van der Waals surface area (Å²) in [6.07, 6.45) is 1.77. The lowest BCUT2D eigenvalue weighted by atomic mass is 10.0. The first-order chi connectivity index (χ1) is 7.13. The Kier molecular flexibility index (Phi) is 2.23. The minimum Gasteiger partial charge on any atom is -0.508 e. The minimum atomic E-state index is 0.255. The molecule has 0 aliphatic rings. The smallest absolute Gasteiger partial charge is 0.131 e. The fraction of sp³-hybridized carbons (Fsp3) is 0.250. The third-order valence-electron chi connectivity index (χ3n) is 2.58. The maximum absolute atomic E-state index is 9.72. The molecule has 1 N–H and O–H groups in total. The molecule has 15 heavy (non-hydrogen) atoms. The van der Waals surface area contributed by atoms with E-state index < -0.39 is 0 Å². The van der Waals surface area contributed by atoms with Crippen molar-refractivity contribution in [2.75, 3.05) is 7.11 Å². The lowest BCUT2D eigenvalue weighted by Crippen LogP contribution is -1.90. The average Bonchev–Trinajstić information content (AvgIpc) is 2.23. The van der Waals surface area contributed by atoms with Gasteiger partial charge >= 0.3 is 0 Å². The first kappa shape index (κ1) is 9.77. The Morgan fingerprint density at radius 1 is 1.20 bits per heavy atom. The van der Waals surface area contributed by atoms with Crippen LogP contribution in [0.5, 0.6) is 11.5 Å². The third-order valence-corrected chi connectivity index (χ3v) is 2.58. The van der Waals surface area contributed by atoms with Crippen molar-refractivity contribution in [1.82, 2.24) is 4.98 Å². The first-order valence-electron chi connectivity index (χ1n) is 4.76. The van der Waals surface area contributed by atoms with Crippen LogP contribution >= 0.6 is 0 Å². The molecule has 2 aromatic rings. The van der Waals surface area contributed by atoms with E-state index in [1.54, 1.807) is 19.4 Å². The van der Waals surface area contributed by atoms with Crippen LogP contribution in [0.1, 0.15) is 11.3 Å². The fourth-order valence-corrected chi connectivity index (χ4v) is 1.68. The van der Waals surface area contributed by atoms with Gasteiger partial charge < -0.3 is 9.84 Å². The van der Waals surface area contributed by atoms with Gasteiger partial charge in [0.25, 0.3) is 0 Å². The van der Waals surface area contributed by atoms with Crippen LogP contribution in [0, 0.1) is 13.8 Å². The monoisotopic (exact) mass is 203 g/mol. The fourth-order valence-electron chi connectivity index (χ4n) is 1.68. The maximum Gasteiger partial charge on any atom is 0.131 e. The molecule has 0 saturated heterocycles. The zero-order valence-corrected chi connectivity index (χ0v) is 9.03. The number of hydrogen-bond donors (Lipinski definition) is 1. The molecule has 3 heteroatoms. The van der Waals surface area contributed by atoms with E-state index >= 15 is 0 Å². The number of rotatable bonds is 1. The summed E-state index contributed by atoms with van der Waals surface area (Å²) in [4.78, 5) is 4.23. The molecule has 0 atom stereocenters. The molecule has 1 aromatic carbocycles. The number of aryl methyl sites for hydroxylation is 2. The molecule has 78 valence electrons. The number of fused-ring (bicyclic) bond motifs is 1. The molecule has 0 aliphatic heterocycles. The third kappa shape index (κ3) is 1.50. The first-order valence-corrected chi connectivity index (χ1v) is 4.76. The van der Waals surface area contributed by atoms with Gasteiger partial charge in [0.1, 0.15) is 11.5 Å². The molecule has 0 fully saturated rings. The second kappa shape index (κ2) is 3.42. The standard InChI is InChI=1S/C12H13NO2/c1-7-4-9-8(2)11(14)5-12(15-3)10(9)6-13-7/h4-6,14H,1-3H3. The summed E-state index contributed by atoms with van der Waals surface area (Å²) >= 11 is 0. The maximum atomic E-state index is 9.72. The lowest BCUT2D eigenvalue weighted by molar-refractivity contribution is 0.412. The number of aromatic nitrogens is 1. The zero-order valence-electron chi connectivity index (χ0n) is 9.03. The highest BCUT2D eigenvalue weighted by Crippen LogP contribution is 2.34. The molecule has 0 bridgehead atoms. The molecule has 0 radical (unpaired) electrons. The number of nitrogens with zero attached hydrogens (tertiary/aromatic N) is 1. The van der Waals surface area contributed by atoms with Gasteiger partial charge in [-0.1, -0.05) is 0 Å². The summed E-state index contributed by atoms with van der Waals surface area (Å²) in [6.45, 7) is 3.81. The Morgan fingerprint density at radius 3 is 2.60 bits per heavy atom. The van der Waals surface area contributed by atoms with Crippen molar-refractivity contribution in [1.29, 1.82) is 0 Å². The van der Waals surface area contributed by atoms with Crippen molar-refractivity contribution < 1.29 is 9.84 Å². The van der Waals surface area contributed by atoms with E-state index in [0.29, 0.717) is 5.75 Å². The van der Waals surface area contributed by atoms with Gasteiger partial charge in [-0.3, -0.25) is 4.98 Å². The van der Waals surface area contributed by atoms with Gasteiger partial charge in [-0.25, -0.2) is 0 Å². The number of methoxy groups -OCH3 is 1. The number of pyridine rings is 1. The summed E-state index contributed by atoms with van der Waals surface area (Å²) in [7, 11) is 1.59. The summed E-state index contributed by atoms with van der Waals surface area (Å²) in [6, 6.07) is 3.57. The Bertz CT molecular complexity index is 521. The van der Waals surface area contributed by atoms with E-state index in [0.717, 1.165) is 22.0 Å². The van der Waals surface area contributed by atoms with Crippen LogP contribution in [0.15, 0.2) is 18.3 Å². The Balaban J connectivity index is 2.90. The Labute approximate surface area is 88.3 Å². The Hall–Kier alpha value is -1.77. The second-order valence-electron chi connectivity index (χ2n) is 3.59. The number of aromatic hydroxyl groups is 1. The van der Waals surface area contributed by atoms with E-state index in [9.17, 15) is 5.11 Å². The number of hydrogen-bond acceptors (Lipinski definition) is 3. The van der Waals surface area contributed by atoms with Crippen molar-refractivity contribution in [3.63, 3.8) is 0 Å². The van der Waals surface area contributed by atoms with Gasteiger partial charge in [-0.05, 0) is 30.9 Å². The van der Waals surface area contributed by atoms with Gasteiger partial charge in [-0.2, -0.15) is 0 Å². The molecule has 0 aliphatic carbocycles. The van der Waals surface area contributed by atoms with Gasteiger partial charge in [0.2, 0.25) is 0 Å². The number of phenolic OH excluding ortho intramolecular Hbond substituents is 1. The van der Waals surface area contributed by atoms with Crippen LogP contribution in [0.25, 0.3) is 10.8 Å². The van der Waals surface area contributed by atoms with Crippen molar-refractivity contribution in [2.45, 2.75) is 13.8 Å². The van der Waals surface area contributed by atoms with E-state index in [-0.39, 0.29) is 5.75 Å². The highest BCUT2D eigenvalue weighted by atomic mass is 16.5. The predicted octanol–water partition coefficient (Wildman–Crippen LogP) is 2.57. The van der Waals surface area contributed by atoms with Gasteiger partial charge in [0.15, 0.2) is 0 Å². The topological polar surface area (TPSA) is 42.4 Å². The normalized spacial score (nSPS) is 10.6. The molecular formula is C12H13NO2. The molecule has 1 heterocycles. The molecule has 3 nitrogen and oxygen atoms in total. The number of benzene rings is 1. The average molecular weight is 203 g/mol. The summed E-state index contributed by atoms with van der Waals surface area (Å²) < 4.78 is 5.20. The molecule has 2 rings (SSSR count). The summed E-state index contributed by atoms with van der Waals surface area (Å²) in [5.74, 6) is 0.908. The van der Waals surface area contributed by atoms with Gasteiger partial charge in [0, 0.05) is 23.3 Å². The van der Waals surface area contributed by atoms with Crippen molar-refractivity contribution in [3.8, 4) is 11.5 Å². The largest absolute Gasteiger partial charge is 0.508 e. The van der Waals surface area contributed by atoms with Crippen LogP contribution in [-0.2, 0) is 0 Å². The quantitative estimate of drug-likeness (QED) is 0.774. The number of phenols is 1. The van der Waals surface area contributed by atoms with Gasteiger partial charge in [0.05, 0.1) is 7.11 Å². The van der Waals surface area contributed by atoms with Crippen LogP contribution in [0.2, 0.25) is 0 Å². The molecular weight excluding hydrogens is 190 g/mol. The zero-order chi connectivity index (χ0) is 11.0. The molecule has 0 amide bonds. The van der Waals surface area contributed by atoms with Crippen LogP contribution < -0.4 is 4.74 Å². The molecule has 1 aromatic heterocycles. The lowest BCUT2D eigenvalue weighted by Gasteiger charge is -2.10. The van der Waals surface area contributed by atoms with Crippen molar-refractivity contribution >= 4 is 10.8 Å². The van der Waals surface area contributed by atoms with E-state index in [1.165, 1.54) is 0 Å². The molecule has 0 saturated carbocycles. The van der Waals surface area contributed by atoms with Crippen molar-refractivity contribution in [3.05, 3.63) is 29.6 Å². The SMILES string of the molecule is COc1cc(O)c(C)c2cc(C)ncc12. The Morgan fingerprint density at radius 2 is 1.93 bits per heavy atom. The summed E-state index contributed by atoms with van der Waals surface area (Å²) in [5.41, 5.74) is 1.79. The van der Waals surface area contributed by atoms with Crippen molar-refractivity contribution in [2.24, 2.45) is 0 Å². The highest BCUT2D eigenvalue weighted by molar-refractivity contribution is 5.92. The van der Waals surface area contributed by atoms with Gasteiger partial charge in [-0.15, -0.1) is 0 Å². The molecule has 0 unspecified atom stereocenters. The van der Waals surface area contributed by atoms with Crippen LogP contribution in [0.3, 0.4) is 0 Å². The number of ether oxygens (including phenoxy) is 1. The van der Waals surface area contributed by atoms with Crippen LogP contribution in [-0.4, -0.2) is 17.2 Å².